The quantitative estimate of drug-likeness (QED) is 0.255. The van der Waals surface area contributed by atoms with Gasteiger partial charge in [-0.05, 0) is 24.0 Å². The molecule has 0 unspecified atom stereocenters. The zero-order valence-corrected chi connectivity index (χ0v) is 21.4. The summed E-state index contributed by atoms with van der Waals surface area (Å²) in [6, 6.07) is 21.0. The summed E-state index contributed by atoms with van der Waals surface area (Å²) >= 11 is 0. The van der Waals surface area contributed by atoms with Crippen molar-refractivity contribution in [1.82, 2.24) is 0 Å². The van der Waals surface area contributed by atoms with E-state index in [0.717, 1.165) is 19.3 Å². The molecule has 0 saturated carbocycles. The van der Waals surface area contributed by atoms with Gasteiger partial charge in [-0.25, -0.2) is 12.2 Å². The van der Waals surface area contributed by atoms with Crippen LogP contribution in [0.4, 0.5) is 0 Å². The Morgan fingerprint density at radius 3 is 1.39 bits per heavy atom. The molecule has 3 rings (SSSR count). The monoisotopic (exact) mass is 450 g/mol. The van der Waals surface area contributed by atoms with E-state index in [1.807, 2.05) is 24.3 Å². The molecule has 31 heavy (non-hydrogen) atoms. The van der Waals surface area contributed by atoms with Crippen molar-refractivity contribution >= 4 is 0 Å². The summed E-state index contributed by atoms with van der Waals surface area (Å²) in [6.45, 7) is 0. The Hall–Kier alpha value is -1.97. The second-order valence-electron chi connectivity index (χ2n) is 6.13. The predicted octanol–water partition coefficient (Wildman–Crippen LogP) is 7.58. The van der Waals surface area contributed by atoms with Crippen molar-refractivity contribution in [3.05, 3.63) is 138 Å². The van der Waals surface area contributed by atoms with E-state index < -0.39 is 0 Å². The van der Waals surface area contributed by atoms with Crippen LogP contribution >= 0.6 is 0 Å². The molecule has 0 amide bonds. The fraction of sp³-hybridized carbons (Fsp3) is 0.250. The predicted molar refractivity (Wildman–Crippen MR) is 137 cm³/mol. The molecule has 3 heteroatoms. The van der Waals surface area contributed by atoms with Crippen LogP contribution in [0, 0.1) is 13.5 Å². The van der Waals surface area contributed by atoms with Crippen molar-refractivity contribution in [2.45, 2.75) is 19.3 Å². The number of allylic oxidation sites excluding steroid dienone is 8. The summed E-state index contributed by atoms with van der Waals surface area (Å²) < 4.78 is 0. The second-order valence-corrected chi connectivity index (χ2v) is 6.13. The van der Waals surface area contributed by atoms with Crippen molar-refractivity contribution < 1.29 is 21.7 Å². The number of benzene rings is 2. The van der Waals surface area contributed by atoms with Crippen LogP contribution in [0.15, 0.2) is 103 Å². The Bertz CT molecular complexity index is 628. The maximum absolute atomic E-state index is 3.50. The SMILES string of the molecule is C(C=CCc1ccccc1)=CCc1ccccc1.C[N-]C.C[N-]C.[C-]1=CC=CC1.[CH3-].[Ti+4]. The van der Waals surface area contributed by atoms with E-state index in [4.69, 9.17) is 0 Å². The van der Waals surface area contributed by atoms with Gasteiger partial charge >= 0.3 is 21.7 Å². The Morgan fingerprint density at radius 2 is 1.13 bits per heavy atom. The molecule has 164 valence electrons. The normalized spacial score (nSPS) is 10.6. The fourth-order valence-corrected chi connectivity index (χ4v) is 2.13. The molecule has 0 saturated heterocycles. The van der Waals surface area contributed by atoms with E-state index >= 15 is 0 Å². The molecule has 0 fully saturated rings. The summed E-state index contributed by atoms with van der Waals surface area (Å²) in [4.78, 5) is 0. The summed E-state index contributed by atoms with van der Waals surface area (Å²) in [7, 11) is 7.00. The first-order valence-electron chi connectivity index (χ1n) is 9.85. The largest absolute Gasteiger partial charge is 4.00 e. The van der Waals surface area contributed by atoms with Crippen LogP contribution in [0.2, 0.25) is 0 Å². The maximum atomic E-state index is 3.50. The van der Waals surface area contributed by atoms with Gasteiger partial charge in [0.05, 0.1) is 0 Å². The first-order chi connectivity index (χ1) is 14.3. The average Bonchev–Trinajstić information content (AvgIpc) is 3.34. The van der Waals surface area contributed by atoms with Gasteiger partial charge in [-0.15, -0.1) is 6.42 Å². The Kier molecular flexibility index (Phi) is 30.4. The van der Waals surface area contributed by atoms with Crippen molar-refractivity contribution in [3.8, 4) is 0 Å². The molecule has 0 radical (unpaired) electrons. The van der Waals surface area contributed by atoms with E-state index in [2.05, 4.69) is 95.6 Å². The summed E-state index contributed by atoms with van der Waals surface area (Å²) in [6.07, 6.45) is 20.6. The first-order valence-corrected chi connectivity index (χ1v) is 9.85. The first kappa shape index (κ1) is 33.7. The fourth-order valence-electron chi connectivity index (χ4n) is 2.13. The molecule has 0 heterocycles. The summed E-state index contributed by atoms with van der Waals surface area (Å²) in [5.74, 6) is 0. The standard InChI is InChI=1S/C18H18.C5H5.2C2H6N.CH3.Ti/c1(5-11-17-13-7-3-8-14-17)2-6-12-18-15-9-4-10-16-18;1-2-4-5-3-1;2*1-3-2;;/h1-10,13-16H,11-12H2;1-3H,4H2;2*1-2H3;1H3;/q;4*-1;+4. The van der Waals surface area contributed by atoms with Crippen LogP contribution in [0.5, 0.6) is 0 Å². The third-order valence-corrected chi connectivity index (χ3v) is 3.36. The van der Waals surface area contributed by atoms with Crippen LogP contribution in [0.3, 0.4) is 0 Å². The van der Waals surface area contributed by atoms with Gasteiger partial charge < -0.3 is 18.1 Å². The molecule has 2 aromatic carbocycles. The molecule has 1 aliphatic carbocycles. The van der Waals surface area contributed by atoms with Crippen LogP contribution in [-0.2, 0) is 34.6 Å². The zero-order chi connectivity index (χ0) is 21.4. The minimum atomic E-state index is 0. The van der Waals surface area contributed by atoms with Gasteiger partial charge in [0.15, 0.2) is 0 Å². The van der Waals surface area contributed by atoms with Crippen molar-refractivity contribution in [2.75, 3.05) is 28.2 Å². The minimum absolute atomic E-state index is 0. The third-order valence-electron chi connectivity index (χ3n) is 3.36. The third kappa shape index (κ3) is 24.2. The minimum Gasteiger partial charge on any atom is -0.668 e. The molecular formula is C28H38N2Ti. The van der Waals surface area contributed by atoms with E-state index in [-0.39, 0.29) is 29.1 Å². The molecule has 2 aromatic rings. The number of nitrogens with zero attached hydrogens (tertiary/aromatic N) is 2. The molecule has 0 N–H and O–H groups in total. The van der Waals surface area contributed by atoms with E-state index in [1.54, 1.807) is 28.2 Å². The van der Waals surface area contributed by atoms with Gasteiger partial charge in [0.25, 0.3) is 0 Å². The Morgan fingerprint density at radius 1 is 0.742 bits per heavy atom. The Labute approximate surface area is 207 Å². The van der Waals surface area contributed by atoms with Crippen molar-refractivity contribution in [2.24, 2.45) is 0 Å². The molecule has 2 nitrogen and oxygen atoms in total. The van der Waals surface area contributed by atoms with Crippen molar-refractivity contribution in [1.29, 1.82) is 0 Å². The van der Waals surface area contributed by atoms with Crippen LogP contribution in [0.1, 0.15) is 17.5 Å². The topological polar surface area (TPSA) is 28.2 Å². The average molecular weight is 450 g/mol. The van der Waals surface area contributed by atoms with Gasteiger partial charge in [-0.2, -0.15) is 34.3 Å². The number of hydrogen-bond donors (Lipinski definition) is 0. The van der Waals surface area contributed by atoms with E-state index in [9.17, 15) is 0 Å². The maximum Gasteiger partial charge on any atom is 4.00 e. The smallest absolute Gasteiger partial charge is 0.668 e. The second kappa shape index (κ2) is 28.0. The molecule has 0 aromatic heterocycles. The number of rotatable bonds is 5. The van der Waals surface area contributed by atoms with Crippen LogP contribution < -0.4 is 0 Å². The van der Waals surface area contributed by atoms with Gasteiger partial charge in [-0.1, -0.05) is 85.0 Å². The summed E-state index contributed by atoms with van der Waals surface area (Å²) in [5, 5.41) is 7.00. The van der Waals surface area contributed by atoms with Gasteiger partial charge in [0, 0.05) is 0 Å². The van der Waals surface area contributed by atoms with Crippen molar-refractivity contribution in [3.63, 3.8) is 0 Å². The van der Waals surface area contributed by atoms with Gasteiger partial charge in [-0.3, -0.25) is 6.08 Å². The van der Waals surface area contributed by atoms with Gasteiger partial charge in [0.1, 0.15) is 0 Å². The zero-order valence-electron chi connectivity index (χ0n) is 19.8. The molecule has 0 atom stereocenters. The van der Waals surface area contributed by atoms with Crippen LogP contribution in [0.25, 0.3) is 10.6 Å². The molecule has 1 aliphatic rings. The van der Waals surface area contributed by atoms with Gasteiger partial charge in [0.2, 0.25) is 0 Å². The Balaban J connectivity index is -0.000000503. The van der Waals surface area contributed by atoms with E-state index in [0.29, 0.717) is 0 Å². The molecule has 0 spiro atoms. The van der Waals surface area contributed by atoms with Crippen LogP contribution in [-0.4, -0.2) is 28.2 Å². The number of hydrogen-bond acceptors (Lipinski definition) is 0. The molecular weight excluding hydrogens is 412 g/mol. The summed E-state index contributed by atoms with van der Waals surface area (Å²) in [5.41, 5.74) is 2.70. The molecule has 0 bridgehead atoms. The molecule has 0 aliphatic heterocycles. The van der Waals surface area contributed by atoms with E-state index in [1.165, 1.54) is 11.1 Å².